The number of amides is 1. The van der Waals surface area contributed by atoms with Crippen molar-refractivity contribution in [1.82, 2.24) is 4.90 Å². The summed E-state index contributed by atoms with van der Waals surface area (Å²) in [5.41, 5.74) is 0.167. The molecule has 0 N–H and O–H groups in total. The minimum atomic E-state index is -1.00. The molecule has 3 nitrogen and oxygen atoms in total. The fraction of sp³-hybridized carbons (Fsp3) is 0.417. The normalized spacial score (nSPS) is 19.7. The van der Waals surface area contributed by atoms with Crippen LogP contribution in [0.25, 0.3) is 0 Å². The minimum absolute atomic E-state index is 0.0317. The Balaban J connectivity index is 2.12. The van der Waals surface area contributed by atoms with Crippen LogP contribution in [0.4, 0.5) is 8.78 Å². The van der Waals surface area contributed by atoms with Gasteiger partial charge in [0.15, 0.2) is 11.6 Å². The Hall–Kier alpha value is -1.49. The van der Waals surface area contributed by atoms with Crippen LogP contribution in [0.3, 0.4) is 0 Å². The Morgan fingerprint density at radius 3 is 2.76 bits per heavy atom. The molecule has 1 unspecified atom stereocenters. The van der Waals surface area contributed by atoms with Crippen LogP contribution in [0.2, 0.25) is 0 Å². The molecule has 1 fully saturated rings. The summed E-state index contributed by atoms with van der Waals surface area (Å²) in [7, 11) is 1.59. The van der Waals surface area contributed by atoms with Gasteiger partial charge in [-0.3, -0.25) is 4.79 Å². The van der Waals surface area contributed by atoms with Crippen LogP contribution in [-0.4, -0.2) is 37.1 Å². The topological polar surface area (TPSA) is 29.5 Å². The maximum Gasteiger partial charge on any atom is 0.254 e. The van der Waals surface area contributed by atoms with Gasteiger partial charge in [-0.25, -0.2) is 8.78 Å². The molecule has 1 aliphatic heterocycles. The summed E-state index contributed by atoms with van der Waals surface area (Å²) in [4.78, 5) is 13.5. The number of hydrogen-bond acceptors (Lipinski definition) is 2. The zero-order valence-electron chi connectivity index (χ0n) is 9.45. The van der Waals surface area contributed by atoms with Gasteiger partial charge in [-0.15, -0.1) is 0 Å². The maximum absolute atomic E-state index is 13.0. The van der Waals surface area contributed by atoms with Gasteiger partial charge in [0.25, 0.3) is 5.91 Å². The van der Waals surface area contributed by atoms with Crippen LogP contribution in [0, 0.1) is 11.6 Å². The molecule has 1 aliphatic rings. The zero-order chi connectivity index (χ0) is 12.4. The third-order valence-corrected chi connectivity index (χ3v) is 2.93. The number of methoxy groups -OCH3 is 1. The molecule has 0 bridgehead atoms. The molecule has 1 saturated heterocycles. The molecule has 1 atom stereocenters. The molecular weight excluding hydrogens is 228 g/mol. The SMILES string of the molecule is COC1CCN(C(=O)c2ccc(F)c(F)c2)C1. The number of halogens is 2. The molecule has 5 heteroatoms. The number of hydrogen-bond donors (Lipinski definition) is 0. The van der Waals surface area contributed by atoms with Gasteiger partial charge in [-0.1, -0.05) is 0 Å². The lowest BCUT2D eigenvalue weighted by molar-refractivity contribution is 0.0723. The summed E-state index contributed by atoms with van der Waals surface area (Å²) in [6.07, 6.45) is 0.801. The number of ether oxygens (including phenoxy) is 1. The first-order valence-corrected chi connectivity index (χ1v) is 5.39. The average Bonchev–Trinajstić information content (AvgIpc) is 2.80. The highest BCUT2D eigenvalue weighted by Crippen LogP contribution is 2.17. The van der Waals surface area contributed by atoms with Gasteiger partial charge in [0, 0.05) is 25.8 Å². The van der Waals surface area contributed by atoms with Crippen LogP contribution >= 0.6 is 0 Å². The van der Waals surface area contributed by atoms with Crippen molar-refractivity contribution in [3.63, 3.8) is 0 Å². The molecule has 1 aromatic carbocycles. The standard InChI is InChI=1S/C12H13F2NO2/c1-17-9-4-5-15(7-9)12(16)8-2-3-10(13)11(14)6-8/h2-3,6,9H,4-5,7H2,1H3. The number of nitrogens with zero attached hydrogens (tertiary/aromatic N) is 1. The monoisotopic (exact) mass is 241 g/mol. The molecule has 2 rings (SSSR count). The quantitative estimate of drug-likeness (QED) is 0.790. The number of benzene rings is 1. The van der Waals surface area contributed by atoms with Crippen molar-refractivity contribution in [1.29, 1.82) is 0 Å². The zero-order valence-corrected chi connectivity index (χ0v) is 9.45. The van der Waals surface area contributed by atoms with E-state index < -0.39 is 11.6 Å². The third kappa shape index (κ3) is 2.44. The molecule has 17 heavy (non-hydrogen) atoms. The van der Waals surface area contributed by atoms with E-state index in [0.717, 1.165) is 18.6 Å². The Kier molecular flexibility index (Phi) is 3.38. The number of likely N-dealkylation sites (tertiary alicyclic amines) is 1. The van der Waals surface area contributed by atoms with Crippen molar-refractivity contribution < 1.29 is 18.3 Å². The summed E-state index contributed by atoms with van der Waals surface area (Å²) in [5, 5.41) is 0. The number of rotatable bonds is 2. The lowest BCUT2D eigenvalue weighted by Gasteiger charge is -2.16. The molecule has 0 aliphatic carbocycles. The van der Waals surface area contributed by atoms with Crippen molar-refractivity contribution in [2.45, 2.75) is 12.5 Å². The van der Waals surface area contributed by atoms with Crippen molar-refractivity contribution in [2.24, 2.45) is 0 Å². The van der Waals surface area contributed by atoms with E-state index in [1.807, 2.05) is 0 Å². The molecule has 0 radical (unpaired) electrons. The van der Waals surface area contributed by atoms with E-state index >= 15 is 0 Å². The Morgan fingerprint density at radius 2 is 2.18 bits per heavy atom. The Bertz CT molecular complexity index is 437. The van der Waals surface area contributed by atoms with Gasteiger partial charge >= 0.3 is 0 Å². The predicted octanol–water partition coefficient (Wildman–Crippen LogP) is 1.83. The van der Waals surface area contributed by atoms with Crippen LogP contribution < -0.4 is 0 Å². The Labute approximate surface area is 98.0 Å². The number of carbonyl (C=O) groups is 1. The molecule has 1 amide bonds. The maximum atomic E-state index is 13.0. The van der Waals surface area contributed by atoms with E-state index in [9.17, 15) is 13.6 Å². The molecule has 1 aromatic rings. The lowest BCUT2D eigenvalue weighted by Crippen LogP contribution is -2.30. The second-order valence-corrected chi connectivity index (χ2v) is 4.03. The van der Waals surface area contributed by atoms with E-state index in [4.69, 9.17) is 4.74 Å². The fourth-order valence-corrected chi connectivity index (χ4v) is 1.92. The first-order valence-electron chi connectivity index (χ1n) is 5.39. The molecular formula is C12H13F2NO2. The molecule has 92 valence electrons. The van der Waals surface area contributed by atoms with E-state index in [-0.39, 0.29) is 17.6 Å². The van der Waals surface area contributed by atoms with Gasteiger partial charge in [0.2, 0.25) is 0 Å². The van der Waals surface area contributed by atoms with E-state index in [0.29, 0.717) is 13.1 Å². The summed E-state index contributed by atoms with van der Waals surface area (Å²) in [6.45, 7) is 1.07. The lowest BCUT2D eigenvalue weighted by atomic mass is 10.2. The largest absolute Gasteiger partial charge is 0.380 e. The average molecular weight is 241 g/mol. The molecule has 0 saturated carbocycles. The van der Waals surface area contributed by atoms with Gasteiger partial charge < -0.3 is 9.64 Å². The molecule has 0 spiro atoms. The first-order chi connectivity index (χ1) is 8.11. The molecule has 0 aromatic heterocycles. The highest BCUT2D eigenvalue weighted by atomic mass is 19.2. The minimum Gasteiger partial charge on any atom is -0.380 e. The summed E-state index contributed by atoms with van der Waals surface area (Å²) in [5.74, 6) is -2.24. The van der Waals surface area contributed by atoms with Gasteiger partial charge in [0.05, 0.1) is 6.10 Å². The van der Waals surface area contributed by atoms with Crippen LogP contribution in [-0.2, 0) is 4.74 Å². The van der Waals surface area contributed by atoms with Gasteiger partial charge in [0.1, 0.15) is 0 Å². The highest BCUT2D eigenvalue weighted by molar-refractivity contribution is 5.94. The van der Waals surface area contributed by atoms with Crippen molar-refractivity contribution in [3.05, 3.63) is 35.4 Å². The van der Waals surface area contributed by atoms with Crippen molar-refractivity contribution >= 4 is 5.91 Å². The number of carbonyl (C=O) groups excluding carboxylic acids is 1. The van der Waals surface area contributed by atoms with Gasteiger partial charge in [-0.2, -0.15) is 0 Å². The highest BCUT2D eigenvalue weighted by Gasteiger charge is 2.27. The van der Waals surface area contributed by atoms with Crippen LogP contribution in [0.15, 0.2) is 18.2 Å². The first kappa shape index (κ1) is 12.0. The van der Waals surface area contributed by atoms with E-state index in [1.165, 1.54) is 6.07 Å². The van der Waals surface area contributed by atoms with Crippen molar-refractivity contribution in [2.75, 3.05) is 20.2 Å². The smallest absolute Gasteiger partial charge is 0.254 e. The Morgan fingerprint density at radius 1 is 1.41 bits per heavy atom. The van der Waals surface area contributed by atoms with E-state index in [1.54, 1.807) is 12.0 Å². The van der Waals surface area contributed by atoms with E-state index in [2.05, 4.69) is 0 Å². The summed E-state index contributed by atoms with van der Waals surface area (Å²) >= 11 is 0. The second kappa shape index (κ2) is 4.79. The molecule has 1 heterocycles. The second-order valence-electron chi connectivity index (χ2n) is 4.03. The third-order valence-electron chi connectivity index (χ3n) is 2.93. The van der Waals surface area contributed by atoms with Gasteiger partial charge in [-0.05, 0) is 24.6 Å². The predicted molar refractivity (Wildman–Crippen MR) is 57.7 cm³/mol. The van der Waals surface area contributed by atoms with Crippen molar-refractivity contribution in [3.8, 4) is 0 Å². The van der Waals surface area contributed by atoms with Crippen LogP contribution in [0.1, 0.15) is 16.8 Å². The summed E-state index contributed by atoms with van der Waals surface area (Å²) < 4.78 is 30.9. The fourth-order valence-electron chi connectivity index (χ4n) is 1.92. The van der Waals surface area contributed by atoms with Crippen LogP contribution in [0.5, 0.6) is 0 Å². The summed E-state index contributed by atoms with van der Waals surface area (Å²) in [6, 6.07) is 3.19.